The first-order chi connectivity index (χ1) is 8.60. The van der Waals surface area contributed by atoms with E-state index in [1.165, 1.54) is 0 Å². The molecule has 1 aromatic heterocycles. The van der Waals surface area contributed by atoms with Crippen molar-refractivity contribution in [1.29, 1.82) is 0 Å². The summed E-state index contributed by atoms with van der Waals surface area (Å²) in [4.78, 5) is 4.60. The lowest BCUT2D eigenvalue weighted by Crippen LogP contribution is -2.12. The van der Waals surface area contributed by atoms with Gasteiger partial charge in [-0.2, -0.15) is 0 Å². The van der Waals surface area contributed by atoms with Gasteiger partial charge in [0, 0.05) is 0 Å². The number of nitrogens with two attached hydrogens (primary N) is 1. The number of benzene rings is 1. The molecule has 0 saturated heterocycles. The highest BCUT2D eigenvalue weighted by atomic mass is 32.1. The summed E-state index contributed by atoms with van der Waals surface area (Å²) in [5.41, 5.74) is 7.18. The SMILES string of the molecule is CCOc1ccc2nc(C(N)CC(C)C)sc2c1. The molecule has 98 valence electrons. The zero-order valence-electron chi connectivity index (χ0n) is 11.1. The van der Waals surface area contributed by atoms with Crippen LogP contribution < -0.4 is 10.5 Å². The largest absolute Gasteiger partial charge is 0.494 e. The standard InChI is InChI=1S/C14H20N2OS/c1-4-17-10-5-6-12-13(8-10)18-14(16-12)11(15)7-9(2)3/h5-6,8-9,11H,4,7,15H2,1-3H3. The van der Waals surface area contributed by atoms with Crippen LogP contribution in [0.5, 0.6) is 5.75 Å². The topological polar surface area (TPSA) is 48.1 Å². The van der Waals surface area contributed by atoms with Gasteiger partial charge in [-0.15, -0.1) is 11.3 Å². The fourth-order valence-electron chi connectivity index (χ4n) is 1.95. The zero-order valence-corrected chi connectivity index (χ0v) is 12.0. The molecule has 0 amide bonds. The highest BCUT2D eigenvalue weighted by Crippen LogP contribution is 2.30. The number of fused-ring (bicyclic) bond motifs is 1. The molecule has 0 aliphatic carbocycles. The molecule has 4 heteroatoms. The number of ether oxygens (including phenoxy) is 1. The van der Waals surface area contributed by atoms with E-state index in [0.29, 0.717) is 12.5 Å². The van der Waals surface area contributed by atoms with E-state index in [4.69, 9.17) is 10.5 Å². The molecule has 2 aromatic rings. The Bertz CT molecular complexity index is 521. The maximum atomic E-state index is 6.17. The second-order valence-electron chi connectivity index (χ2n) is 4.85. The lowest BCUT2D eigenvalue weighted by molar-refractivity contribution is 0.341. The van der Waals surface area contributed by atoms with Crippen LogP contribution in [-0.4, -0.2) is 11.6 Å². The third-order valence-corrected chi connectivity index (χ3v) is 3.88. The Balaban J connectivity index is 2.26. The predicted molar refractivity (Wildman–Crippen MR) is 77.2 cm³/mol. The second-order valence-corrected chi connectivity index (χ2v) is 5.91. The van der Waals surface area contributed by atoms with E-state index in [2.05, 4.69) is 18.8 Å². The van der Waals surface area contributed by atoms with Crippen LogP contribution >= 0.6 is 11.3 Å². The van der Waals surface area contributed by atoms with Crippen molar-refractivity contribution in [2.75, 3.05) is 6.61 Å². The number of rotatable bonds is 5. The van der Waals surface area contributed by atoms with Crippen molar-refractivity contribution in [1.82, 2.24) is 4.98 Å². The van der Waals surface area contributed by atoms with Gasteiger partial charge in [0.15, 0.2) is 0 Å². The number of aromatic nitrogens is 1. The normalized spacial score (nSPS) is 13.2. The van der Waals surface area contributed by atoms with E-state index in [9.17, 15) is 0 Å². The summed E-state index contributed by atoms with van der Waals surface area (Å²) in [7, 11) is 0. The van der Waals surface area contributed by atoms with Gasteiger partial charge in [0.1, 0.15) is 10.8 Å². The second kappa shape index (κ2) is 5.67. The summed E-state index contributed by atoms with van der Waals surface area (Å²) in [6.45, 7) is 7.03. The molecule has 0 saturated carbocycles. The van der Waals surface area contributed by atoms with E-state index >= 15 is 0 Å². The molecule has 2 N–H and O–H groups in total. The quantitative estimate of drug-likeness (QED) is 0.895. The fourth-order valence-corrected chi connectivity index (χ4v) is 2.96. The maximum Gasteiger partial charge on any atom is 0.120 e. The molecule has 0 radical (unpaired) electrons. The minimum Gasteiger partial charge on any atom is -0.494 e. The zero-order chi connectivity index (χ0) is 13.1. The van der Waals surface area contributed by atoms with Crippen LogP contribution in [0.25, 0.3) is 10.2 Å². The molecule has 0 aliphatic rings. The lowest BCUT2D eigenvalue weighted by atomic mass is 10.1. The first-order valence-electron chi connectivity index (χ1n) is 6.39. The third-order valence-electron chi connectivity index (χ3n) is 2.73. The summed E-state index contributed by atoms with van der Waals surface area (Å²) in [6, 6.07) is 6.05. The average Bonchev–Trinajstić information content (AvgIpc) is 2.71. The Hall–Kier alpha value is -1.13. The summed E-state index contributed by atoms with van der Waals surface area (Å²) in [6.07, 6.45) is 0.970. The summed E-state index contributed by atoms with van der Waals surface area (Å²) >= 11 is 1.67. The van der Waals surface area contributed by atoms with E-state index in [0.717, 1.165) is 27.4 Å². The average molecular weight is 264 g/mol. The molecule has 0 fully saturated rings. The van der Waals surface area contributed by atoms with E-state index < -0.39 is 0 Å². The minimum absolute atomic E-state index is 0.0398. The van der Waals surface area contributed by atoms with Crippen LogP contribution in [0.4, 0.5) is 0 Å². The molecule has 0 aliphatic heterocycles. The van der Waals surface area contributed by atoms with Gasteiger partial charge in [-0.25, -0.2) is 4.98 Å². The van der Waals surface area contributed by atoms with Crippen LogP contribution in [0.2, 0.25) is 0 Å². The molecule has 1 unspecified atom stereocenters. The van der Waals surface area contributed by atoms with Gasteiger partial charge in [-0.3, -0.25) is 0 Å². The Labute approximate surface area is 112 Å². The van der Waals surface area contributed by atoms with Gasteiger partial charge < -0.3 is 10.5 Å². The molecule has 1 aromatic carbocycles. The Morgan fingerprint density at radius 3 is 2.83 bits per heavy atom. The smallest absolute Gasteiger partial charge is 0.120 e. The molecule has 1 heterocycles. The van der Waals surface area contributed by atoms with Gasteiger partial charge in [-0.05, 0) is 37.5 Å². The number of nitrogens with zero attached hydrogens (tertiary/aromatic N) is 1. The van der Waals surface area contributed by atoms with Crippen LogP contribution in [0.3, 0.4) is 0 Å². The van der Waals surface area contributed by atoms with Gasteiger partial charge >= 0.3 is 0 Å². The summed E-state index contributed by atoms with van der Waals surface area (Å²) < 4.78 is 6.64. The lowest BCUT2D eigenvalue weighted by Gasteiger charge is -2.10. The van der Waals surface area contributed by atoms with E-state index in [1.54, 1.807) is 11.3 Å². The fraction of sp³-hybridized carbons (Fsp3) is 0.500. The number of hydrogen-bond donors (Lipinski definition) is 1. The van der Waals surface area contributed by atoms with Crippen LogP contribution in [-0.2, 0) is 0 Å². The van der Waals surface area contributed by atoms with Gasteiger partial charge in [-0.1, -0.05) is 13.8 Å². The molecule has 3 nitrogen and oxygen atoms in total. The van der Waals surface area contributed by atoms with Crippen molar-refractivity contribution in [3.05, 3.63) is 23.2 Å². The minimum atomic E-state index is 0.0398. The Morgan fingerprint density at radius 2 is 2.17 bits per heavy atom. The van der Waals surface area contributed by atoms with E-state index in [-0.39, 0.29) is 6.04 Å². The summed E-state index contributed by atoms with van der Waals surface area (Å²) in [5, 5.41) is 1.02. The molecule has 0 spiro atoms. The Kier molecular flexibility index (Phi) is 4.19. The van der Waals surface area contributed by atoms with Crippen molar-refractivity contribution in [3.63, 3.8) is 0 Å². The first kappa shape index (κ1) is 13.3. The van der Waals surface area contributed by atoms with Crippen LogP contribution in [0.15, 0.2) is 18.2 Å². The first-order valence-corrected chi connectivity index (χ1v) is 7.20. The van der Waals surface area contributed by atoms with Gasteiger partial charge in [0.05, 0.1) is 22.9 Å². The van der Waals surface area contributed by atoms with Crippen LogP contribution in [0, 0.1) is 5.92 Å². The molecular formula is C14H20N2OS. The molecule has 18 heavy (non-hydrogen) atoms. The number of thiazole rings is 1. The van der Waals surface area contributed by atoms with Crippen molar-refractivity contribution in [3.8, 4) is 5.75 Å². The highest BCUT2D eigenvalue weighted by molar-refractivity contribution is 7.18. The molecule has 1 atom stereocenters. The highest BCUT2D eigenvalue weighted by Gasteiger charge is 2.13. The van der Waals surface area contributed by atoms with E-state index in [1.807, 2.05) is 25.1 Å². The third kappa shape index (κ3) is 3.00. The summed E-state index contributed by atoms with van der Waals surface area (Å²) in [5.74, 6) is 1.49. The predicted octanol–water partition coefficient (Wildman–Crippen LogP) is 3.74. The molecule has 0 bridgehead atoms. The molecular weight excluding hydrogens is 244 g/mol. The van der Waals surface area contributed by atoms with Crippen molar-refractivity contribution < 1.29 is 4.74 Å². The number of hydrogen-bond acceptors (Lipinski definition) is 4. The van der Waals surface area contributed by atoms with Crippen LogP contribution in [0.1, 0.15) is 38.2 Å². The van der Waals surface area contributed by atoms with Crippen molar-refractivity contribution in [2.24, 2.45) is 11.7 Å². The Morgan fingerprint density at radius 1 is 1.39 bits per heavy atom. The van der Waals surface area contributed by atoms with Crippen molar-refractivity contribution >= 4 is 21.6 Å². The monoisotopic (exact) mass is 264 g/mol. The van der Waals surface area contributed by atoms with Gasteiger partial charge in [0.25, 0.3) is 0 Å². The molecule has 2 rings (SSSR count). The maximum absolute atomic E-state index is 6.17. The van der Waals surface area contributed by atoms with Gasteiger partial charge in [0.2, 0.25) is 0 Å². The van der Waals surface area contributed by atoms with Crippen molar-refractivity contribution in [2.45, 2.75) is 33.2 Å².